The lowest BCUT2D eigenvalue weighted by atomic mass is 10.2. The molecule has 1 N–H and O–H groups in total. The second-order valence-electron chi connectivity index (χ2n) is 4.85. The Kier molecular flexibility index (Phi) is 6.66. The third-order valence-corrected chi connectivity index (χ3v) is 4.02. The Bertz CT molecular complexity index is 762. The average molecular weight is 413 g/mol. The number of hydrogen-bond acceptors (Lipinski definition) is 3. The van der Waals surface area contributed by atoms with E-state index in [1.807, 2.05) is 48.7 Å². The molecule has 0 aliphatic carbocycles. The first-order valence-electron chi connectivity index (χ1n) is 6.86. The van der Waals surface area contributed by atoms with Crippen LogP contribution < -0.4 is 17.7 Å². The first kappa shape index (κ1) is 18.0. The number of furan rings is 1. The molecule has 0 aliphatic heterocycles. The minimum atomic E-state index is 0. The highest BCUT2D eigenvalue weighted by atomic mass is 79.9. The number of halogens is 3. The molecule has 2 aromatic heterocycles. The van der Waals surface area contributed by atoms with E-state index in [4.69, 9.17) is 16.0 Å². The number of nitrogens with zero attached hydrogens (tertiary/aromatic N) is 1. The molecule has 23 heavy (non-hydrogen) atoms. The summed E-state index contributed by atoms with van der Waals surface area (Å²) in [5.41, 5.74) is 2.04. The SMILES string of the molecule is Clc1cc(Br)ccc1-c1ccc(CNCc2cccnc2)o1.[Cl-]. The van der Waals surface area contributed by atoms with Gasteiger partial charge in [-0.3, -0.25) is 4.98 Å². The van der Waals surface area contributed by atoms with Gasteiger partial charge in [-0.05, 0) is 42.0 Å². The fourth-order valence-corrected chi connectivity index (χ4v) is 2.91. The van der Waals surface area contributed by atoms with Gasteiger partial charge in [-0.2, -0.15) is 0 Å². The fourth-order valence-electron chi connectivity index (χ4n) is 2.14. The van der Waals surface area contributed by atoms with Gasteiger partial charge in [0.15, 0.2) is 0 Å². The number of pyridine rings is 1. The molecular weight excluding hydrogens is 399 g/mol. The zero-order valence-electron chi connectivity index (χ0n) is 12.1. The molecule has 3 rings (SSSR count). The molecule has 0 bridgehead atoms. The maximum Gasteiger partial charge on any atom is 0.135 e. The van der Waals surface area contributed by atoms with Crippen LogP contribution in [-0.4, -0.2) is 4.98 Å². The van der Waals surface area contributed by atoms with Crippen LogP contribution in [-0.2, 0) is 13.1 Å². The maximum atomic E-state index is 6.25. The Morgan fingerprint density at radius 2 is 2.00 bits per heavy atom. The second kappa shape index (κ2) is 8.50. The Balaban J connectivity index is 0.00000192. The fraction of sp³-hybridized carbons (Fsp3) is 0.118. The lowest BCUT2D eigenvalue weighted by Gasteiger charge is -2.03. The zero-order chi connectivity index (χ0) is 15.4. The summed E-state index contributed by atoms with van der Waals surface area (Å²) in [4.78, 5) is 4.09. The van der Waals surface area contributed by atoms with Crippen LogP contribution in [0.2, 0.25) is 5.02 Å². The van der Waals surface area contributed by atoms with E-state index in [1.54, 1.807) is 6.20 Å². The molecule has 0 spiro atoms. The molecule has 120 valence electrons. The Hall–Kier alpha value is -1.33. The second-order valence-corrected chi connectivity index (χ2v) is 6.18. The predicted octanol–water partition coefficient (Wildman–Crippen LogP) is 2.05. The third-order valence-electron chi connectivity index (χ3n) is 3.21. The lowest BCUT2D eigenvalue weighted by Crippen LogP contribution is -3.00. The van der Waals surface area contributed by atoms with Gasteiger partial charge in [0, 0.05) is 29.0 Å². The van der Waals surface area contributed by atoms with E-state index in [0.717, 1.165) is 33.7 Å². The Labute approximate surface area is 154 Å². The van der Waals surface area contributed by atoms with Crippen LogP contribution in [0.1, 0.15) is 11.3 Å². The Morgan fingerprint density at radius 1 is 1.13 bits per heavy atom. The normalized spacial score (nSPS) is 10.3. The first-order chi connectivity index (χ1) is 10.7. The molecule has 3 nitrogen and oxygen atoms in total. The number of nitrogens with one attached hydrogen (secondary N) is 1. The predicted molar refractivity (Wildman–Crippen MR) is 91.6 cm³/mol. The van der Waals surface area contributed by atoms with E-state index in [0.29, 0.717) is 11.6 Å². The van der Waals surface area contributed by atoms with Crippen LogP contribution in [0.5, 0.6) is 0 Å². The molecule has 0 atom stereocenters. The molecule has 0 amide bonds. The maximum absolute atomic E-state index is 6.25. The van der Waals surface area contributed by atoms with Gasteiger partial charge in [0.1, 0.15) is 11.5 Å². The van der Waals surface area contributed by atoms with E-state index in [-0.39, 0.29) is 12.4 Å². The summed E-state index contributed by atoms with van der Waals surface area (Å²) in [5, 5.41) is 4.00. The molecule has 1 aromatic carbocycles. The van der Waals surface area contributed by atoms with Crippen molar-refractivity contribution in [2.24, 2.45) is 0 Å². The van der Waals surface area contributed by atoms with Crippen molar-refractivity contribution in [3.63, 3.8) is 0 Å². The summed E-state index contributed by atoms with van der Waals surface area (Å²) in [5.74, 6) is 1.65. The lowest BCUT2D eigenvalue weighted by molar-refractivity contribution is -0.00000482. The number of benzene rings is 1. The van der Waals surface area contributed by atoms with Crippen LogP contribution in [0.3, 0.4) is 0 Å². The van der Waals surface area contributed by atoms with Crippen molar-refractivity contribution >= 4 is 27.5 Å². The van der Waals surface area contributed by atoms with Gasteiger partial charge in [0.05, 0.1) is 11.6 Å². The zero-order valence-corrected chi connectivity index (χ0v) is 15.2. The van der Waals surface area contributed by atoms with Gasteiger partial charge in [0.25, 0.3) is 0 Å². The Morgan fingerprint density at radius 3 is 2.74 bits per heavy atom. The largest absolute Gasteiger partial charge is 1.00 e. The summed E-state index contributed by atoms with van der Waals surface area (Å²) in [6.45, 7) is 1.41. The number of hydrogen-bond donors (Lipinski definition) is 1. The van der Waals surface area contributed by atoms with Gasteiger partial charge in [-0.25, -0.2) is 0 Å². The van der Waals surface area contributed by atoms with Crippen LogP contribution in [0, 0.1) is 0 Å². The third kappa shape index (κ3) is 4.82. The first-order valence-corrected chi connectivity index (χ1v) is 8.03. The minimum absolute atomic E-state index is 0. The molecule has 2 heterocycles. The van der Waals surface area contributed by atoms with Crippen LogP contribution >= 0.6 is 27.5 Å². The van der Waals surface area contributed by atoms with Crippen LogP contribution in [0.4, 0.5) is 0 Å². The average Bonchev–Trinajstić information content (AvgIpc) is 2.97. The van der Waals surface area contributed by atoms with Gasteiger partial charge >= 0.3 is 0 Å². The topological polar surface area (TPSA) is 38.1 Å². The summed E-state index contributed by atoms with van der Waals surface area (Å²) >= 11 is 9.65. The van der Waals surface area contributed by atoms with Gasteiger partial charge < -0.3 is 22.1 Å². The minimum Gasteiger partial charge on any atom is -1.00 e. The van der Waals surface area contributed by atoms with Crippen LogP contribution in [0.25, 0.3) is 11.3 Å². The van der Waals surface area contributed by atoms with E-state index in [1.165, 1.54) is 0 Å². The standard InChI is InChI=1S/C17H14BrClN2O.ClH/c18-13-3-5-15(16(19)8-13)17-6-4-14(22-17)11-21-10-12-2-1-7-20-9-12;/h1-9,21H,10-11H2;1H/p-1. The molecule has 0 radical (unpaired) electrons. The smallest absolute Gasteiger partial charge is 0.135 e. The molecule has 0 fully saturated rings. The molecular formula is C17H14BrCl2N2O-. The highest BCUT2D eigenvalue weighted by Crippen LogP contribution is 2.31. The highest BCUT2D eigenvalue weighted by Gasteiger charge is 2.09. The molecule has 3 aromatic rings. The van der Waals surface area contributed by atoms with E-state index in [9.17, 15) is 0 Å². The quantitative estimate of drug-likeness (QED) is 0.696. The number of aromatic nitrogens is 1. The summed E-state index contributed by atoms with van der Waals surface area (Å²) in [7, 11) is 0. The molecule has 0 aliphatic rings. The van der Waals surface area contributed by atoms with Crippen molar-refractivity contribution in [3.8, 4) is 11.3 Å². The van der Waals surface area contributed by atoms with Gasteiger partial charge in [0.2, 0.25) is 0 Å². The highest BCUT2D eigenvalue weighted by molar-refractivity contribution is 9.10. The summed E-state index contributed by atoms with van der Waals surface area (Å²) in [6, 6.07) is 13.6. The van der Waals surface area contributed by atoms with E-state index in [2.05, 4.69) is 26.2 Å². The molecule has 6 heteroatoms. The van der Waals surface area contributed by atoms with E-state index >= 15 is 0 Å². The molecule has 0 saturated carbocycles. The van der Waals surface area contributed by atoms with E-state index < -0.39 is 0 Å². The van der Waals surface area contributed by atoms with Crippen LogP contribution in [0.15, 0.2) is 63.7 Å². The van der Waals surface area contributed by atoms with Gasteiger partial charge in [-0.1, -0.05) is 33.6 Å². The molecule has 0 unspecified atom stereocenters. The van der Waals surface area contributed by atoms with Crippen molar-refractivity contribution < 1.29 is 16.8 Å². The van der Waals surface area contributed by atoms with Crippen molar-refractivity contribution in [1.82, 2.24) is 10.3 Å². The van der Waals surface area contributed by atoms with Crippen molar-refractivity contribution in [2.45, 2.75) is 13.1 Å². The monoisotopic (exact) mass is 411 g/mol. The van der Waals surface area contributed by atoms with Crippen molar-refractivity contribution in [2.75, 3.05) is 0 Å². The molecule has 0 saturated heterocycles. The number of rotatable bonds is 5. The summed E-state index contributed by atoms with van der Waals surface area (Å²) < 4.78 is 6.80. The van der Waals surface area contributed by atoms with Gasteiger partial charge in [-0.15, -0.1) is 0 Å². The van der Waals surface area contributed by atoms with Crippen molar-refractivity contribution in [1.29, 1.82) is 0 Å². The summed E-state index contributed by atoms with van der Waals surface area (Å²) in [6.07, 6.45) is 3.62. The van der Waals surface area contributed by atoms with Crippen molar-refractivity contribution in [3.05, 3.63) is 75.7 Å².